The fourth-order valence-corrected chi connectivity index (χ4v) is 2.93. The van der Waals surface area contributed by atoms with E-state index in [0.29, 0.717) is 11.8 Å². The third-order valence-electron chi connectivity index (χ3n) is 4.21. The van der Waals surface area contributed by atoms with Crippen molar-refractivity contribution in [3.8, 4) is 0 Å². The predicted molar refractivity (Wildman–Crippen MR) is 84.0 cm³/mol. The Hall–Kier alpha value is -1.09. The summed E-state index contributed by atoms with van der Waals surface area (Å²) in [5, 5.41) is 10.2. The molecule has 1 saturated heterocycles. The van der Waals surface area contributed by atoms with Crippen molar-refractivity contribution in [2.75, 3.05) is 18.0 Å². The minimum absolute atomic E-state index is 0.339. The molecule has 20 heavy (non-hydrogen) atoms. The van der Waals surface area contributed by atoms with Crippen molar-refractivity contribution in [3.05, 3.63) is 24.0 Å². The smallest absolute Gasteiger partial charge is 0.0636 e. The standard InChI is InChI=1S/C17H28N2O/c1-13(2)10-15-7-8-16(11-18-15)19-9-5-6-14(12-19)17(3,4)20/h7-8,11,13-14,20H,5-6,9-10,12H2,1-4H3. The zero-order chi connectivity index (χ0) is 14.8. The first-order chi connectivity index (χ1) is 9.36. The number of hydrogen-bond donors (Lipinski definition) is 1. The van der Waals surface area contributed by atoms with Crippen molar-refractivity contribution in [1.82, 2.24) is 4.98 Å². The van der Waals surface area contributed by atoms with Crippen LogP contribution in [0.3, 0.4) is 0 Å². The number of rotatable bonds is 4. The van der Waals surface area contributed by atoms with E-state index in [1.165, 1.54) is 11.4 Å². The molecule has 3 nitrogen and oxygen atoms in total. The summed E-state index contributed by atoms with van der Waals surface area (Å²) in [7, 11) is 0. The minimum atomic E-state index is -0.594. The van der Waals surface area contributed by atoms with Crippen LogP contribution in [0.4, 0.5) is 5.69 Å². The van der Waals surface area contributed by atoms with Gasteiger partial charge in [0.15, 0.2) is 0 Å². The molecular formula is C17H28N2O. The van der Waals surface area contributed by atoms with Crippen LogP contribution in [-0.4, -0.2) is 28.8 Å². The topological polar surface area (TPSA) is 36.4 Å². The molecule has 1 aromatic rings. The number of nitrogens with zero attached hydrogens (tertiary/aromatic N) is 2. The van der Waals surface area contributed by atoms with Gasteiger partial charge in [0, 0.05) is 24.7 Å². The molecule has 0 radical (unpaired) electrons. The van der Waals surface area contributed by atoms with Gasteiger partial charge in [0.05, 0.1) is 17.5 Å². The average molecular weight is 276 g/mol. The monoisotopic (exact) mass is 276 g/mol. The zero-order valence-electron chi connectivity index (χ0n) is 13.3. The lowest BCUT2D eigenvalue weighted by Crippen LogP contribution is -2.44. The van der Waals surface area contributed by atoms with Crippen LogP contribution in [0.5, 0.6) is 0 Å². The van der Waals surface area contributed by atoms with Crippen molar-refractivity contribution in [1.29, 1.82) is 0 Å². The van der Waals surface area contributed by atoms with Crippen molar-refractivity contribution >= 4 is 5.69 Å². The van der Waals surface area contributed by atoms with Crippen LogP contribution in [0.1, 0.15) is 46.2 Å². The predicted octanol–water partition coefficient (Wildman–Crippen LogP) is 3.27. The second-order valence-electron chi connectivity index (χ2n) is 7.04. The molecule has 0 saturated carbocycles. The van der Waals surface area contributed by atoms with E-state index in [-0.39, 0.29) is 0 Å². The quantitative estimate of drug-likeness (QED) is 0.917. The van der Waals surface area contributed by atoms with Gasteiger partial charge in [-0.3, -0.25) is 4.98 Å². The number of pyridine rings is 1. The first-order valence-electron chi connectivity index (χ1n) is 7.78. The molecule has 112 valence electrons. The average Bonchev–Trinajstić information content (AvgIpc) is 2.38. The van der Waals surface area contributed by atoms with Gasteiger partial charge in [0.2, 0.25) is 0 Å². The molecule has 0 bridgehead atoms. The molecule has 1 fully saturated rings. The Bertz CT molecular complexity index is 420. The maximum absolute atomic E-state index is 10.2. The molecule has 1 N–H and O–H groups in total. The van der Waals surface area contributed by atoms with Gasteiger partial charge in [-0.1, -0.05) is 13.8 Å². The lowest BCUT2D eigenvalue weighted by atomic mass is 9.84. The summed E-state index contributed by atoms with van der Waals surface area (Å²) in [5.74, 6) is 0.981. The Kier molecular flexibility index (Phi) is 4.69. The first-order valence-corrected chi connectivity index (χ1v) is 7.78. The van der Waals surface area contributed by atoms with Crippen LogP contribution < -0.4 is 4.90 Å². The molecule has 0 aliphatic carbocycles. The normalized spacial score (nSPS) is 20.5. The van der Waals surface area contributed by atoms with Gasteiger partial charge in [-0.2, -0.15) is 0 Å². The van der Waals surface area contributed by atoms with Crippen molar-refractivity contribution < 1.29 is 5.11 Å². The number of piperidine rings is 1. The van der Waals surface area contributed by atoms with Crippen molar-refractivity contribution in [3.63, 3.8) is 0 Å². The molecule has 0 amide bonds. The van der Waals surface area contributed by atoms with E-state index in [1.807, 2.05) is 20.0 Å². The third kappa shape index (κ3) is 3.95. The molecule has 2 heterocycles. The third-order valence-corrected chi connectivity index (χ3v) is 4.21. The second-order valence-corrected chi connectivity index (χ2v) is 7.04. The van der Waals surface area contributed by atoms with Gasteiger partial charge in [-0.05, 0) is 51.2 Å². The van der Waals surface area contributed by atoms with Gasteiger partial charge in [0.25, 0.3) is 0 Å². The number of aliphatic hydroxyl groups is 1. The van der Waals surface area contributed by atoms with E-state index in [0.717, 1.165) is 32.4 Å². The fourth-order valence-electron chi connectivity index (χ4n) is 2.93. The van der Waals surface area contributed by atoms with E-state index in [2.05, 4.69) is 35.9 Å². The first kappa shape index (κ1) is 15.3. The van der Waals surface area contributed by atoms with E-state index in [1.54, 1.807) is 0 Å². The minimum Gasteiger partial charge on any atom is -0.390 e. The lowest BCUT2D eigenvalue weighted by molar-refractivity contribution is 0.0110. The van der Waals surface area contributed by atoms with Crippen LogP contribution >= 0.6 is 0 Å². The largest absolute Gasteiger partial charge is 0.390 e. The van der Waals surface area contributed by atoms with Gasteiger partial charge >= 0.3 is 0 Å². The number of aromatic nitrogens is 1. The summed E-state index contributed by atoms with van der Waals surface area (Å²) in [4.78, 5) is 6.94. The molecule has 1 atom stereocenters. The zero-order valence-corrected chi connectivity index (χ0v) is 13.3. The Labute approximate surface area is 123 Å². The van der Waals surface area contributed by atoms with Gasteiger partial charge in [0.1, 0.15) is 0 Å². The molecule has 0 spiro atoms. The Balaban J connectivity index is 2.04. The number of hydrogen-bond acceptors (Lipinski definition) is 3. The Morgan fingerprint density at radius 1 is 1.40 bits per heavy atom. The van der Waals surface area contributed by atoms with Crippen LogP contribution in [-0.2, 0) is 6.42 Å². The Morgan fingerprint density at radius 3 is 2.70 bits per heavy atom. The fraction of sp³-hybridized carbons (Fsp3) is 0.706. The number of anilines is 1. The molecule has 1 aromatic heterocycles. The highest BCUT2D eigenvalue weighted by Crippen LogP contribution is 2.29. The second kappa shape index (κ2) is 6.13. The van der Waals surface area contributed by atoms with Gasteiger partial charge < -0.3 is 10.0 Å². The molecule has 1 aliphatic heterocycles. The van der Waals surface area contributed by atoms with Crippen molar-refractivity contribution in [2.45, 2.75) is 52.6 Å². The molecule has 1 aliphatic rings. The Morgan fingerprint density at radius 2 is 2.15 bits per heavy atom. The highest BCUT2D eigenvalue weighted by molar-refractivity contribution is 5.45. The summed E-state index contributed by atoms with van der Waals surface area (Å²) in [6, 6.07) is 4.32. The summed E-state index contributed by atoms with van der Waals surface area (Å²) < 4.78 is 0. The summed E-state index contributed by atoms with van der Waals surface area (Å²) in [6.45, 7) is 10.3. The van der Waals surface area contributed by atoms with E-state index in [9.17, 15) is 5.11 Å². The molecule has 1 unspecified atom stereocenters. The molecule has 2 rings (SSSR count). The summed E-state index contributed by atoms with van der Waals surface area (Å²) >= 11 is 0. The lowest BCUT2D eigenvalue weighted by Gasteiger charge is -2.39. The van der Waals surface area contributed by atoms with Gasteiger partial charge in [-0.25, -0.2) is 0 Å². The van der Waals surface area contributed by atoms with Crippen LogP contribution in [0, 0.1) is 11.8 Å². The summed E-state index contributed by atoms with van der Waals surface area (Å²) in [6.07, 6.45) is 5.28. The molecular weight excluding hydrogens is 248 g/mol. The van der Waals surface area contributed by atoms with Crippen LogP contribution in [0.2, 0.25) is 0 Å². The maximum Gasteiger partial charge on any atom is 0.0636 e. The van der Waals surface area contributed by atoms with Crippen molar-refractivity contribution in [2.24, 2.45) is 11.8 Å². The van der Waals surface area contributed by atoms with E-state index in [4.69, 9.17) is 0 Å². The SMILES string of the molecule is CC(C)Cc1ccc(N2CCCC(C(C)(C)O)C2)cn1. The van der Waals surface area contributed by atoms with Gasteiger partial charge in [-0.15, -0.1) is 0 Å². The molecule has 0 aromatic carbocycles. The maximum atomic E-state index is 10.2. The van der Waals surface area contributed by atoms with Crippen LogP contribution in [0.15, 0.2) is 18.3 Å². The highest BCUT2D eigenvalue weighted by Gasteiger charge is 2.31. The van der Waals surface area contributed by atoms with E-state index >= 15 is 0 Å². The molecule has 3 heteroatoms. The van der Waals surface area contributed by atoms with Crippen LogP contribution in [0.25, 0.3) is 0 Å². The highest BCUT2D eigenvalue weighted by atomic mass is 16.3. The summed E-state index contributed by atoms with van der Waals surface area (Å²) in [5.41, 5.74) is 1.76. The van der Waals surface area contributed by atoms with E-state index < -0.39 is 5.60 Å².